The summed E-state index contributed by atoms with van der Waals surface area (Å²) in [7, 11) is -4.67. The summed E-state index contributed by atoms with van der Waals surface area (Å²) in [6, 6.07) is 10.9. The molecule has 67 heavy (non-hydrogen) atoms. The summed E-state index contributed by atoms with van der Waals surface area (Å²) in [4.78, 5) is 38.9. The molecule has 0 bridgehead atoms. The molecule has 0 fully saturated rings. The van der Waals surface area contributed by atoms with E-state index in [-0.39, 0.29) is 53.6 Å². The average Bonchev–Trinajstić information content (AvgIpc) is 3.20. The van der Waals surface area contributed by atoms with Crippen molar-refractivity contribution in [3.8, 4) is 22.5 Å². The number of aliphatic hydroxyl groups is 4. The Labute approximate surface area is 399 Å². The third-order valence-electron chi connectivity index (χ3n) is 9.62. The predicted molar refractivity (Wildman–Crippen MR) is 240 cm³/mol. The van der Waals surface area contributed by atoms with E-state index in [1.165, 1.54) is 86.9 Å². The number of halogens is 2. The Bertz CT molecular complexity index is 2430. The fourth-order valence-corrected chi connectivity index (χ4v) is 6.83. The van der Waals surface area contributed by atoms with E-state index in [0.29, 0.717) is 45.0 Å². The minimum absolute atomic E-state index is 0. The van der Waals surface area contributed by atoms with Gasteiger partial charge in [0.1, 0.15) is 11.6 Å². The van der Waals surface area contributed by atoms with E-state index in [1.54, 1.807) is 0 Å². The fourth-order valence-electron chi connectivity index (χ4n) is 6.07. The van der Waals surface area contributed by atoms with Crippen molar-refractivity contribution in [2.75, 3.05) is 35.2 Å². The van der Waals surface area contributed by atoms with Crippen LogP contribution in [-0.2, 0) is 46.7 Å². The number of carbonyl (C=O) groups excluding carboxylic acids is 2. The Morgan fingerprint density at radius 2 is 0.910 bits per heavy atom. The first-order chi connectivity index (χ1) is 30.6. The number of hydrogen-bond acceptors (Lipinski definition) is 16. The predicted octanol–water partition coefficient (Wildman–Crippen LogP) is 2.13. The number of sulfonamides is 2. The van der Waals surface area contributed by atoms with Crippen LogP contribution < -0.4 is 18.8 Å². The Morgan fingerprint density at radius 1 is 0.612 bits per heavy atom. The van der Waals surface area contributed by atoms with E-state index in [0.717, 1.165) is 21.1 Å². The summed E-state index contributed by atoms with van der Waals surface area (Å²) in [6.45, 7) is 7.38. The third kappa shape index (κ3) is 17.7. The molecule has 0 aliphatic rings. The first kappa shape index (κ1) is 57.9. The Hall–Kier alpha value is -5.26. The normalized spacial score (nSPS) is 13.7. The second kappa shape index (κ2) is 25.2. The van der Waals surface area contributed by atoms with Gasteiger partial charge in [0.25, 0.3) is 0 Å². The van der Waals surface area contributed by atoms with Gasteiger partial charge in [-0.15, -0.1) is 0 Å². The molecule has 0 spiro atoms. The van der Waals surface area contributed by atoms with Crippen molar-refractivity contribution in [3.05, 3.63) is 94.8 Å². The SMILES string of the molecule is CC(C)c1nc(N(C)S(C)(=O)=O)nc(-c2ccc(F)cc2)c1/C=C/[C@@H](O)C[C@@H](O)CC(=O)[O-].CC(C)c1nc(N(C)S(C)(=O)=O)nc(-c2ccc(F)cc2)c1/C=C/[C@@H](O)C[C@@H](O)CC(=O)[O-].[Fe+2]. The number of aromatic nitrogens is 4. The number of carboxylic acids is 2. The Balaban J connectivity index is 0.000000453. The van der Waals surface area contributed by atoms with Crippen molar-refractivity contribution in [1.29, 1.82) is 0 Å². The topological polar surface area (TPSA) is 287 Å². The third-order valence-corrected chi connectivity index (χ3v) is 11.9. The van der Waals surface area contributed by atoms with Crippen LogP contribution in [0.4, 0.5) is 20.7 Å². The molecule has 2 heterocycles. The van der Waals surface area contributed by atoms with Gasteiger partial charge in [-0.25, -0.2) is 54.2 Å². The Morgan fingerprint density at radius 3 is 1.16 bits per heavy atom. The van der Waals surface area contributed by atoms with Crippen LogP contribution in [0.5, 0.6) is 0 Å². The zero-order valence-electron chi connectivity index (χ0n) is 37.9. The molecule has 23 heteroatoms. The van der Waals surface area contributed by atoms with E-state index in [9.17, 15) is 65.8 Å². The first-order valence-corrected chi connectivity index (χ1v) is 24.0. The summed E-state index contributed by atoms with van der Waals surface area (Å²) < 4.78 is 77.1. The molecule has 0 saturated heterocycles. The number of nitrogens with zero attached hydrogens (tertiary/aromatic N) is 6. The van der Waals surface area contributed by atoms with Gasteiger partial charge >= 0.3 is 17.1 Å². The fraction of sp³-hybridized carbons (Fsp3) is 0.409. The average molecular weight is 1020 g/mol. The van der Waals surface area contributed by atoms with Gasteiger partial charge < -0.3 is 40.2 Å². The van der Waals surface area contributed by atoms with Gasteiger partial charge in [0.05, 0.1) is 59.7 Å². The zero-order valence-corrected chi connectivity index (χ0v) is 40.6. The molecule has 2 aromatic carbocycles. The minimum Gasteiger partial charge on any atom is -0.550 e. The standard InChI is InChI=1S/2C22H28FN3O6S.Fe/c2*1-13(2)20-18(10-9-16(27)11-17(28)12-19(29)30)21(14-5-7-15(23)8-6-14)25-22(24-20)26(3)33(4,31)32;/h2*5-10,13,16-17,27-28H,11-12H2,1-4H3,(H,29,30);/q;;+2/p-2/b2*10-9+;/t2*16-,17-;/m11./s1. The van der Waals surface area contributed by atoms with Crippen LogP contribution in [0.2, 0.25) is 0 Å². The number of anilines is 2. The number of benzene rings is 2. The summed E-state index contributed by atoms with van der Waals surface area (Å²) in [5, 5.41) is 61.1. The second-order valence-corrected chi connectivity index (χ2v) is 19.9. The molecule has 0 radical (unpaired) electrons. The largest absolute Gasteiger partial charge is 2.00 e. The van der Waals surface area contributed by atoms with Gasteiger partial charge in [-0.2, -0.15) is 0 Å². The van der Waals surface area contributed by atoms with Crippen LogP contribution in [0.25, 0.3) is 34.7 Å². The van der Waals surface area contributed by atoms with Crippen LogP contribution in [0, 0.1) is 11.6 Å². The molecule has 18 nitrogen and oxygen atoms in total. The van der Waals surface area contributed by atoms with Gasteiger partial charge in [-0.3, -0.25) is 0 Å². The smallest absolute Gasteiger partial charge is 0.550 e. The molecule has 0 aliphatic heterocycles. The van der Waals surface area contributed by atoms with Crippen molar-refractivity contribution >= 4 is 56.0 Å². The molecule has 4 N–H and O–H groups in total. The van der Waals surface area contributed by atoms with E-state index in [4.69, 9.17) is 0 Å². The van der Waals surface area contributed by atoms with E-state index >= 15 is 0 Å². The quantitative estimate of drug-likeness (QED) is 0.0923. The molecule has 0 unspecified atom stereocenters. The molecular weight excluding hydrogens is 962 g/mol. The van der Waals surface area contributed by atoms with Crippen molar-refractivity contribution in [2.45, 2.75) is 89.6 Å². The minimum atomic E-state index is -3.66. The van der Waals surface area contributed by atoms with Crippen LogP contribution in [0.3, 0.4) is 0 Å². The van der Waals surface area contributed by atoms with Crippen molar-refractivity contribution in [2.24, 2.45) is 0 Å². The molecule has 4 aromatic rings. The number of aliphatic hydroxyl groups excluding tert-OH is 4. The van der Waals surface area contributed by atoms with Crippen molar-refractivity contribution in [3.63, 3.8) is 0 Å². The molecule has 0 aliphatic carbocycles. The summed E-state index contributed by atoms with van der Waals surface area (Å²) >= 11 is 0. The monoisotopic (exact) mass is 1020 g/mol. The van der Waals surface area contributed by atoms with Gasteiger partial charge in [-0.05, 0) is 60.4 Å². The number of carbonyl (C=O) groups is 2. The van der Waals surface area contributed by atoms with Gasteiger partial charge in [0, 0.05) is 74.0 Å². The van der Waals surface area contributed by atoms with Gasteiger partial charge in [-0.1, -0.05) is 52.0 Å². The van der Waals surface area contributed by atoms with Crippen LogP contribution >= 0.6 is 0 Å². The second-order valence-electron chi connectivity index (χ2n) is 15.9. The molecular formula is C44H54F2FeN6O12S2. The molecule has 2 aromatic heterocycles. The summed E-state index contributed by atoms with van der Waals surface area (Å²) in [5.74, 6) is -4.28. The summed E-state index contributed by atoms with van der Waals surface area (Å²) in [5.41, 5.74) is 3.52. The molecule has 366 valence electrons. The van der Waals surface area contributed by atoms with Gasteiger partial charge in [0.15, 0.2) is 0 Å². The van der Waals surface area contributed by atoms with Crippen LogP contribution in [0.1, 0.15) is 87.7 Å². The van der Waals surface area contributed by atoms with Crippen LogP contribution in [-0.4, -0.2) is 120 Å². The van der Waals surface area contributed by atoms with Crippen LogP contribution in [0.15, 0.2) is 60.7 Å². The first-order valence-electron chi connectivity index (χ1n) is 20.3. The van der Waals surface area contributed by atoms with E-state index in [2.05, 4.69) is 19.9 Å². The maximum atomic E-state index is 13.5. The zero-order chi connectivity index (χ0) is 49.8. The van der Waals surface area contributed by atoms with Gasteiger partial charge in [0.2, 0.25) is 31.9 Å². The van der Waals surface area contributed by atoms with E-state index in [1.807, 2.05) is 27.7 Å². The van der Waals surface area contributed by atoms with Crippen molar-refractivity contribution in [1.82, 2.24) is 19.9 Å². The molecule has 0 saturated carbocycles. The maximum Gasteiger partial charge on any atom is 2.00 e. The summed E-state index contributed by atoms with van der Waals surface area (Å²) in [6.07, 6.45) is 1.16. The van der Waals surface area contributed by atoms with E-state index < -0.39 is 80.9 Å². The number of carboxylic acid groups (broad SMARTS) is 2. The number of rotatable bonds is 20. The molecule has 0 amide bonds. The maximum absolute atomic E-state index is 13.5. The van der Waals surface area contributed by atoms with Crippen molar-refractivity contribution < 1.29 is 82.9 Å². The Kier molecular flexibility index (Phi) is 21.8. The number of hydrogen-bond donors (Lipinski definition) is 4. The molecule has 4 rings (SSSR count). The number of aliphatic carboxylic acids is 2. The molecule has 4 atom stereocenters.